The number of hydrogen-bond donors (Lipinski definition) is 1. The van der Waals surface area contributed by atoms with Crippen LogP contribution in [0.15, 0.2) is 0 Å². The fraction of sp³-hybridized carbons (Fsp3) is 0.857. The van der Waals surface area contributed by atoms with Crippen LogP contribution in [0.3, 0.4) is 0 Å². The Kier molecular flexibility index (Phi) is 2.99. The van der Waals surface area contributed by atoms with Crippen LogP contribution in [-0.2, 0) is 9.53 Å². The van der Waals surface area contributed by atoms with Gasteiger partial charge in [0.15, 0.2) is 5.78 Å². The SMILES string of the molecule is C#C[C@]1(O)CC[C@H]2[C@@H]3CCC45OC4C(=O)CC[C@@H]5[C@H]3CC[C@@]21CC. The first-order valence-electron chi connectivity index (χ1n) is 9.92. The highest BCUT2D eigenvalue weighted by Gasteiger charge is 2.72. The molecule has 0 aromatic rings. The fourth-order valence-electron chi connectivity index (χ4n) is 7.83. The second kappa shape index (κ2) is 4.65. The molecule has 5 aliphatic rings. The second-order valence-corrected chi connectivity index (χ2v) is 9.13. The van der Waals surface area contributed by atoms with Crippen molar-refractivity contribution in [1.82, 2.24) is 0 Å². The molecule has 0 bridgehead atoms. The summed E-state index contributed by atoms with van der Waals surface area (Å²) in [5.74, 6) is 5.57. The molecule has 130 valence electrons. The van der Waals surface area contributed by atoms with E-state index in [0.717, 1.165) is 51.4 Å². The molecule has 0 aromatic carbocycles. The highest BCUT2D eigenvalue weighted by Crippen LogP contribution is 2.69. The van der Waals surface area contributed by atoms with Crippen LogP contribution in [0, 0.1) is 41.4 Å². The molecule has 1 heterocycles. The Balaban J connectivity index is 1.48. The number of terminal acetylenes is 1. The van der Waals surface area contributed by atoms with E-state index in [1.807, 2.05) is 0 Å². The van der Waals surface area contributed by atoms with Gasteiger partial charge in [0.2, 0.25) is 0 Å². The van der Waals surface area contributed by atoms with Gasteiger partial charge in [0.25, 0.3) is 0 Å². The minimum atomic E-state index is -0.909. The number of carbonyl (C=O) groups excluding carboxylic acids is 1. The Labute approximate surface area is 144 Å². The second-order valence-electron chi connectivity index (χ2n) is 9.13. The third-order valence-corrected chi connectivity index (χ3v) is 8.94. The Morgan fingerprint density at radius 2 is 1.92 bits per heavy atom. The molecule has 8 atom stereocenters. The summed E-state index contributed by atoms with van der Waals surface area (Å²) in [5, 5.41) is 11.2. The Morgan fingerprint density at radius 3 is 2.67 bits per heavy atom. The van der Waals surface area contributed by atoms with Gasteiger partial charge in [-0.05, 0) is 75.0 Å². The van der Waals surface area contributed by atoms with Crippen LogP contribution in [-0.4, -0.2) is 28.2 Å². The molecular formula is C21H28O3. The normalized spacial score (nSPS) is 58.0. The summed E-state index contributed by atoms with van der Waals surface area (Å²) < 4.78 is 6.02. The van der Waals surface area contributed by atoms with Crippen molar-refractivity contribution in [2.75, 3.05) is 0 Å². The van der Waals surface area contributed by atoms with Gasteiger partial charge in [-0.2, -0.15) is 0 Å². The molecule has 1 aliphatic heterocycles. The van der Waals surface area contributed by atoms with E-state index in [0.29, 0.717) is 35.9 Å². The van der Waals surface area contributed by atoms with E-state index < -0.39 is 5.60 Å². The number of ether oxygens (including phenoxy) is 1. The monoisotopic (exact) mass is 328 g/mol. The van der Waals surface area contributed by atoms with Gasteiger partial charge in [-0.1, -0.05) is 12.8 Å². The maximum absolute atomic E-state index is 12.1. The fourth-order valence-corrected chi connectivity index (χ4v) is 7.83. The summed E-state index contributed by atoms with van der Waals surface area (Å²) in [7, 11) is 0. The van der Waals surface area contributed by atoms with Gasteiger partial charge in [-0.15, -0.1) is 6.42 Å². The quantitative estimate of drug-likeness (QED) is 0.594. The molecule has 5 rings (SSSR count). The van der Waals surface area contributed by atoms with Gasteiger partial charge in [-0.3, -0.25) is 4.79 Å². The van der Waals surface area contributed by atoms with Crippen molar-refractivity contribution >= 4 is 5.78 Å². The standard InChI is InChI=1S/C21H28O3/c1-3-19-10-7-14-13(15(19)9-11-20(19,23)4-2)8-12-21-16(14)5-6-17(22)18(21)24-21/h2,13-16,18,23H,3,5-12H2,1H3/t13-,14+,15+,16-,18?,19+,20+,21?/m1/s1. The van der Waals surface area contributed by atoms with Crippen molar-refractivity contribution in [2.45, 2.75) is 82.0 Å². The van der Waals surface area contributed by atoms with Gasteiger partial charge in [0, 0.05) is 11.8 Å². The minimum Gasteiger partial charge on any atom is -0.377 e. The lowest BCUT2D eigenvalue weighted by Gasteiger charge is -2.56. The summed E-state index contributed by atoms with van der Waals surface area (Å²) in [6.07, 6.45) is 14.6. The van der Waals surface area contributed by atoms with Crippen molar-refractivity contribution in [1.29, 1.82) is 0 Å². The van der Waals surface area contributed by atoms with E-state index in [4.69, 9.17) is 11.2 Å². The molecular weight excluding hydrogens is 300 g/mol. The first-order chi connectivity index (χ1) is 11.5. The first kappa shape index (κ1) is 15.4. The van der Waals surface area contributed by atoms with Crippen LogP contribution in [0.2, 0.25) is 0 Å². The largest absolute Gasteiger partial charge is 0.377 e. The number of ketones is 1. The van der Waals surface area contributed by atoms with E-state index in [-0.39, 0.29) is 17.1 Å². The third kappa shape index (κ3) is 1.56. The van der Waals surface area contributed by atoms with E-state index in [1.165, 1.54) is 0 Å². The average Bonchev–Trinajstić information content (AvgIpc) is 3.26. The van der Waals surface area contributed by atoms with Crippen LogP contribution in [0.5, 0.6) is 0 Å². The summed E-state index contributed by atoms with van der Waals surface area (Å²) in [6.45, 7) is 2.21. The average molecular weight is 328 g/mol. The van der Waals surface area contributed by atoms with E-state index in [2.05, 4.69) is 12.8 Å². The molecule has 0 amide bonds. The molecule has 1 saturated heterocycles. The topological polar surface area (TPSA) is 49.8 Å². The number of fused-ring (bicyclic) bond motifs is 4. The van der Waals surface area contributed by atoms with E-state index >= 15 is 0 Å². The summed E-state index contributed by atoms with van der Waals surface area (Å²) in [5.41, 5.74) is -1.08. The minimum absolute atomic E-state index is 0.0816. The van der Waals surface area contributed by atoms with Crippen molar-refractivity contribution < 1.29 is 14.6 Å². The van der Waals surface area contributed by atoms with Crippen LogP contribution in [0.1, 0.15) is 64.7 Å². The highest BCUT2D eigenvalue weighted by molar-refractivity contribution is 5.88. The van der Waals surface area contributed by atoms with Crippen molar-refractivity contribution in [3.8, 4) is 12.3 Å². The summed E-state index contributed by atoms with van der Waals surface area (Å²) >= 11 is 0. The smallest absolute Gasteiger partial charge is 0.164 e. The van der Waals surface area contributed by atoms with Crippen LogP contribution >= 0.6 is 0 Å². The van der Waals surface area contributed by atoms with Gasteiger partial charge in [0.1, 0.15) is 17.3 Å². The van der Waals surface area contributed by atoms with Crippen LogP contribution in [0.25, 0.3) is 0 Å². The number of hydrogen-bond acceptors (Lipinski definition) is 3. The molecule has 4 saturated carbocycles. The molecule has 4 aliphatic carbocycles. The van der Waals surface area contributed by atoms with E-state index in [1.54, 1.807) is 0 Å². The Bertz CT molecular complexity index is 635. The number of rotatable bonds is 1. The number of aliphatic hydroxyl groups is 1. The Hall–Kier alpha value is -0.850. The van der Waals surface area contributed by atoms with Crippen molar-refractivity contribution in [3.05, 3.63) is 0 Å². The zero-order valence-electron chi connectivity index (χ0n) is 14.6. The van der Waals surface area contributed by atoms with Gasteiger partial charge in [0.05, 0.1) is 0 Å². The maximum atomic E-state index is 12.1. The van der Waals surface area contributed by atoms with E-state index in [9.17, 15) is 9.90 Å². The maximum Gasteiger partial charge on any atom is 0.164 e. The molecule has 24 heavy (non-hydrogen) atoms. The zero-order chi connectivity index (χ0) is 16.7. The molecule has 3 nitrogen and oxygen atoms in total. The number of Topliss-reactive ketones (excluding diaryl/α,β-unsaturated/α-hetero) is 1. The Morgan fingerprint density at radius 1 is 1.17 bits per heavy atom. The lowest BCUT2D eigenvalue weighted by atomic mass is 9.48. The van der Waals surface area contributed by atoms with Crippen LogP contribution in [0.4, 0.5) is 0 Å². The lowest BCUT2D eigenvalue weighted by Crippen LogP contribution is -2.56. The zero-order valence-corrected chi connectivity index (χ0v) is 14.6. The summed E-state index contributed by atoms with van der Waals surface area (Å²) in [4.78, 5) is 12.1. The molecule has 2 unspecified atom stereocenters. The van der Waals surface area contributed by atoms with Crippen LogP contribution < -0.4 is 0 Å². The summed E-state index contributed by atoms with van der Waals surface area (Å²) in [6, 6.07) is 0. The molecule has 3 heteroatoms. The van der Waals surface area contributed by atoms with Crippen molar-refractivity contribution in [3.63, 3.8) is 0 Å². The molecule has 5 fully saturated rings. The van der Waals surface area contributed by atoms with Gasteiger partial charge in [-0.25, -0.2) is 0 Å². The van der Waals surface area contributed by atoms with Gasteiger partial charge >= 0.3 is 0 Å². The highest BCUT2D eigenvalue weighted by atomic mass is 16.6. The molecule has 0 radical (unpaired) electrons. The number of carbonyl (C=O) groups is 1. The third-order valence-electron chi connectivity index (χ3n) is 8.94. The number of epoxide rings is 1. The molecule has 1 N–H and O–H groups in total. The molecule has 1 spiro atoms. The van der Waals surface area contributed by atoms with Crippen molar-refractivity contribution in [2.24, 2.45) is 29.1 Å². The lowest BCUT2D eigenvalue weighted by molar-refractivity contribution is -0.126. The predicted molar refractivity (Wildman–Crippen MR) is 90.0 cm³/mol. The van der Waals surface area contributed by atoms with Gasteiger partial charge < -0.3 is 9.84 Å². The molecule has 0 aromatic heterocycles. The first-order valence-corrected chi connectivity index (χ1v) is 9.92. The predicted octanol–water partition coefficient (Wildman–Crippen LogP) is 3.09.